The molecule has 1 saturated heterocycles. The van der Waals surface area contributed by atoms with Crippen molar-refractivity contribution in [1.29, 1.82) is 0 Å². The van der Waals surface area contributed by atoms with Gasteiger partial charge in [-0.25, -0.2) is 0 Å². The molecule has 1 aliphatic heterocycles. The van der Waals surface area contributed by atoms with Gasteiger partial charge >= 0.3 is 0 Å². The molecule has 1 fully saturated rings. The Labute approximate surface area is 189 Å². The summed E-state index contributed by atoms with van der Waals surface area (Å²) < 4.78 is 6.09. The molecule has 0 spiro atoms. The third-order valence-corrected chi connectivity index (χ3v) is 6.32. The molecule has 162 valence electrons. The maximum atomic E-state index is 12.7. The van der Waals surface area contributed by atoms with Gasteiger partial charge in [-0.2, -0.15) is 0 Å². The minimum Gasteiger partial charge on any atom is -0.490 e. The first-order chi connectivity index (χ1) is 14.3. The first-order valence-electron chi connectivity index (χ1n) is 10.5. The van der Waals surface area contributed by atoms with Crippen molar-refractivity contribution >= 4 is 29.1 Å². The summed E-state index contributed by atoms with van der Waals surface area (Å²) in [6.45, 7) is 9.03. The molecule has 1 heterocycles. The van der Waals surface area contributed by atoms with Crippen LogP contribution in [0.1, 0.15) is 42.6 Å². The Morgan fingerprint density at radius 2 is 1.87 bits per heavy atom. The number of piperidine rings is 1. The molecule has 2 aromatic rings. The number of carbonyl (C=O) groups is 1. The number of nitrogens with zero attached hydrogens (tertiary/aromatic N) is 1. The Hall–Kier alpha value is -1.75. The molecule has 30 heavy (non-hydrogen) atoms. The predicted octanol–water partition coefficient (Wildman–Crippen LogP) is 5.60. The van der Waals surface area contributed by atoms with Crippen molar-refractivity contribution in [3.05, 3.63) is 63.6 Å². The smallest absolute Gasteiger partial charge is 0.251 e. The molecule has 6 heteroatoms. The Balaban J connectivity index is 1.51. The topological polar surface area (TPSA) is 41.6 Å². The molecule has 1 atom stereocenters. The van der Waals surface area contributed by atoms with Crippen LogP contribution in [0, 0.1) is 12.8 Å². The van der Waals surface area contributed by atoms with Crippen LogP contribution < -0.4 is 10.1 Å². The van der Waals surface area contributed by atoms with Crippen LogP contribution in [0.15, 0.2) is 42.5 Å². The van der Waals surface area contributed by atoms with Gasteiger partial charge in [0.1, 0.15) is 11.9 Å². The lowest BCUT2D eigenvalue weighted by atomic mass is 10.0. The van der Waals surface area contributed by atoms with Gasteiger partial charge in [-0.15, -0.1) is 0 Å². The molecule has 3 rings (SSSR count). The normalized spacial score (nSPS) is 16.5. The zero-order valence-electron chi connectivity index (χ0n) is 17.8. The zero-order valence-corrected chi connectivity index (χ0v) is 19.3. The fourth-order valence-electron chi connectivity index (χ4n) is 3.69. The summed E-state index contributed by atoms with van der Waals surface area (Å²) in [5.74, 6) is 1.10. The average Bonchev–Trinajstić information content (AvgIpc) is 2.71. The summed E-state index contributed by atoms with van der Waals surface area (Å²) in [6.07, 6.45) is 2.05. The van der Waals surface area contributed by atoms with Gasteiger partial charge < -0.3 is 15.0 Å². The lowest BCUT2D eigenvalue weighted by Crippen LogP contribution is -2.49. The first kappa shape index (κ1) is 22.9. The molecular weight excluding hydrogens is 419 g/mol. The number of nitrogens with one attached hydrogen (secondary N) is 1. The third kappa shape index (κ3) is 6.37. The van der Waals surface area contributed by atoms with Gasteiger partial charge in [0, 0.05) is 37.3 Å². The predicted molar refractivity (Wildman–Crippen MR) is 124 cm³/mol. The highest BCUT2D eigenvalue weighted by atomic mass is 35.5. The van der Waals surface area contributed by atoms with E-state index >= 15 is 0 Å². The number of hydrogen-bond acceptors (Lipinski definition) is 3. The Morgan fingerprint density at radius 3 is 2.50 bits per heavy atom. The van der Waals surface area contributed by atoms with Gasteiger partial charge in [0.15, 0.2) is 0 Å². The number of rotatable bonds is 7. The first-order valence-corrected chi connectivity index (χ1v) is 11.3. The summed E-state index contributed by atoms with van der Waals surface area (Å²) in [5, 5.41) is 4.27. The van der Waals surface area contributed by atoms with E-state index in [1.807, 2.05) is 37.3 Å². The number of likely N-dealkylation sites (tertiary alicyclic amines) is 1. The highest BCUT2D eigenvalue weighted by Crippen LogP contribution is 2.28. The van der Waals surface area contributed by atoms with E-state index in [0.29, 0.717) is 16.0 Å². The number of amides is 1. The molecule has 0 aromatic heterocycles. The minimum atomic E-state index is -0.00441. The van der Waals surface area contributed by atoms with Gasteiger partial charge in [-0.1, -0.05) is 54.7 Å². The Bertz CT molecular complexity index is 864. The van der Waals surface area contributed by atoms with E-state index in [0.717, 1.165) is 49.4 Å². The van der Waals surface area contributed by atoms with Crippen LogP contribution in [-0.2, 0) is 0 Å². The lowest BCUT2D eigenvalue weighted by molar-refractivity contribution is 0.0807. The summed E-state index contributed by atoms with van der Waals surface area (Å²) in [5.41, 5.74) is 1.81. The maximum absolute atomic E-state index is 12.7. The van der Waals surface area contributed by atoms with E-state index < -0.39 is 0 Å². The van der Waals surface area contributed by atoms with Gasteiger partial charge in [0.2, 0.25) is 0 Å². The second kappa shape index (κ2) is 10.5. The van der Waals surface area contributed by atoms with E-state index in [-0.39, 0.29) is 18.1 Å². The van der Waals surface area contributed by atoms with Gasteiger partial charge in [-0.3, -0.25) is 4.79 Å². The van der Waals surface area contributed by atoms with Crippen LogP contribution >= 0.6 is 23.2 Å². The molecule has 1 aliphatic rings. The molecule has 4 nitrogen and oxygen atoms in total. The number of carbonyl (C=O) groups excluding carboxylic acids is 1. The number of hydrogen-bond donors (Lipinski definition) is 1. The van der Waals surface area contributed by atoms with Crippen molar-refractivity contribution in [1.82, 2.24) is 10.2 Å². The van der Waals surface area contributed by atoms with Crippen molar-refractivity contribution in [2.24, 2.45) is 5.92 Å². The molecule has 0 bridgehead atoms. The molecule has 1 N–H and O–H groups in total. The highest BCUT2D eigenvalue weighted by Gasteiger charge is 2.25. The van der Waals surface area contributed by atoms with Crippen LogP contribution in [0.25, 0.3) is 0 Å². The van der Waals surface area contributed by atoms with Crippen LogP contribution in [0.2, 0.25) is 10.0 Å². The molecule has 0 saturated carbocycles. The van der Waals surface area contributed by atoms with Crippen LogP contribution in [0.5, 0.6) is 5.75 Å². The largest absolute Gasteiger partial charge is 0.490 e. The van der Waals surface area contributed by atoms with Crippen molar-refractivity contribution < 1.29 is 9.53 Å². The van der Waals surface area contributed by atoms with Gasteiger partial charge in [0.05, 0.1) is 10.0 Å². The third-order valence-electron chi connectivity index (χ3n) is 5.58. The number of aryl methyl sites for hydroxylation is 1. The standard InChI is InChI=1S/C24H30Cl2N2O2/c1-16(2)23(27-24(29)18-6-4-5-17(3)13-18)15-28-11-9-19(10-12-28)30-20-7-8-21(25)22(26)14-20/h4-8,13-14,16,19,23H,9-12,15H2,1-3H3,(H,27,29). The lowest BCUT2D eigenvalue weighted by Gasteiger charge is -2.35. The fraction of sp³-hybridized carbons (Fsp3) is 0.458. The molecule has 0 aliphatic carbocycles. The van der Waals surface area contributed by atoms with E-state index in [4.69, 9.17) is 27.9 Å². The van der Waals surface area contributed by atoms with Gasteiger partial charge in [-0.05, 0) is 49.9 Å². The van der Waals surface area contributed by atoms with Crippen molar-refractivity contribution in [3.63, 3.8) is 0 Å². The number of halogens is 2. The van der Waals surface area contributed by atoms with E-state index in [9.17, 15) is 4.79 Å². The van der Waals surface area contributed by atoms with E-state index in [1.54, 1.807) is 12.1 Å². The average molecular weight is 449 g/mol. The SMILES string of the molecule is Cc1cccc(C(=O)NC(CN2CCC(Oc3ccc(Cl)c(Cl)c3)CC2)C(C)C)c1. The number of ether oxygens (including phenoxy) is 1. The molecule has 2 aromatic carbocycles. The maximum Gasteiger partial charge on any atom is 0.251 e. The fourth-order valence-corrected chi connectivity index (χ4v) is 3.98. The highest BCUT2D eigenvalue weighted by molar-refractivity contribution is 6.42. The zero-order chi connectivity index (χ0) is 21.7. The Morgan fingerprint density at radius 1 is 1.13 bits per heavy atom. The number of benzene rings is 2. The van der Waals surface area contributed by atoms with E-state index in [2.05, 4.69) is 24.1 Å². The summed E-state index contributed by atoms with van der Waals surface area (Å²) in [7, 11) is 0. The quantitative estimate of drug-likeness (QED) is 0.598. The Kier molecular flexibility index (Phi) is 8.04. The molecular formula is C24H30Cl2N2O2. The van der Waals surface area contributed by atoms with Crippen LogP contribution in [-0.4, -0.2) is 42.6 Å². The summed E-state index contributed by atoms with van der Waals surface area (Å²) in [6, 6.07) is 13.2. The van der Waals surface area contributed by atoms with Gasteiger partial charge in [0.25, 0.3) is 5.91 Å². The van der Waals surface area contributed by atoms with Crippen LogP contribution in [0.4, 0.5) is 0 Å². The summed E-state index contributed by atoms with van der Waals surface area (Å²) in [4.78, 5) is 15.1. The molecule has 0 radical (unpaired) electrons. The molecule has 1 unspecified atom stereocenters. The second-order valence-electron chi connectivity index (χ2n) is 8.39. The van der Waals surface area contributed by atoms with E-state index in [1.165, 1.54) is 0 Å². The monoisotopic (exact) mass is 448 g/mol. The van der Waals surface area contributed by atoms with Crippen molar-refractivity contribution in [3.8, 4) is 5.75 Å². The minimum absolute atomic E-state index is 0.00441. The second-order valence-corrected chi connectivity index (χ2v) is 9.20. The molecule has 1 amide bonds. The van der Waals surface area contributed by atoms with Crippen LogP contribution in [0.3, 0.4) is 0 Å². The van der Waals surface area contributed by atoms with Crippen molar-refractivity contribution in [2.75, 3.05) is 19.6 Å². The summed E-state index contributed by atoms with van der Waals surface area (Å²) >= 11 is 12.1. The van der Waals surface area contributed by atoms with Crippen molar-refractivity contribution in [2.45, 2.75) is 45.8 Å².